The number of benzene rings is 2. The van der Waals surface area contributed by atoms with Crippen LogP contribution < -0.4 is 5.73 Å². The molecular formula is C14H13ClN2O2. The third-order valence-electron chi connectivity index (χ3n) is 2.59. The van der Waals surface area contributed by atoms with Crippen LogP contribution in [0.1, 0.15) is 21.5 Å². The number of nitrogens with one attached hydrogen (secondary N) is 1. The average Bonchev–Trinajstić information content (AvgIpc) is 2.39. The highest BCUT2D eigenvalue weighted by molar-refractivity contribution is 6.11. The first kappa shape index (κ1) is 14.7. The van der Waals surface area contributed by atoms with E-state index in [1.54, 1.807) is 24.3 Å². The molecular weight excluding hydrogens is 264 g/mol. The summed E-state index contributed by atoms with van der Waals surface area (Å²) in [6.07, 6.45) is 0. The molecule has 19 heavy (non-hydrogen) atoms. The van der Waals surface area contributed by atoms with E-state index in [0.29, 0.717) is 11.1 Å². The Labute approximate surface area is 116 Å². The van der Waals surface area contributed by atoms with E-state index in [9.17, 15) is 9.90 Å². The molecule has 0 aliphatic heterocycles. The van der Waals surface area contributed by atoms with Crippen LogP contribution in [0.15, 0.2) is 48.5 Å². The summed E-state index contributed by atoms with van der Waals surface area (Å²) in [4.78, 5) is 12.2. The van der Waals surface area contributed by atoms with E-state index >= 15 is 0 Å². The SMILES string of the molecule is Cl.N=C(N)c1ccc(O)c(C(=O)c2ccccc2)c1. The minimum atomic E-state index is -0.295. The second-order valence-electron chi connectivity index (χ2n) is 3.84. The van der Waals surface area contributed by atoms with Crippen molar-refractivity contribution >= 4 is 24.0 Å². The standard InChI is InChI=1S/C14H12N2O2.ClH/c15-14(16)10-6-7-12(17)11(8-10)13(18)9-4-2-1-3-5-9;/h1-8,17H,(H3,15,16);1H. The van der Waals surface area contributed by atoms with Crippen molar-refractivity contribution in [2.45, 2.75) is 0 Å². The Bertz CT molecular complexity index is 612. The molecule has 0 aliphatic rings. The molecule has 0 saturated carbocycles. The molecule has 2 aromatic rings. The molecule has 0 radical (unpaired) electrons. The van der Waals surface area contributed by atoms with Gasteiger partial charge in [0.25, 0.3) is 0 Å². The van der Waals surface area contributed by atoms with Crippen LogP contribution in [0.25, 0.3) is 0 Å². The summed E-state index contributed by atoms with van der Waals surface area (Å²) in [6, 6.07) is 12.9. The first-order valence-electron chi connectivity index (χ1n) is 5.37. The lowest BCUT2D eigenvalue weighted by Gasteiger charge is -2.06. The third-order valence-corrected chi connectivity index (χ3v) is 2.59. The highest BCUT2D eigenvalue weighted by Crippen LogP contribution is 2.21. The Balaban J connectivity index is 0.00000180. The van der Waals surface area contributed by atoms with Gasteiger partial charge in [0.15, 0.2) is 5.78 Å². The minimum absolute atomic E-state index is 0. The van der Waals surface area contributed by atoms with Gasteiger partial charge in [0, 0.05) is 11.1 Å². The number of amidine groups is 1. The Morgan fingerprint density at radius 1 is 1.05 bits per heavy atom. The van der Waals surface area contributed by atoms with Gasteiger partial charge in [-0.25, -0.2) is 0 Å². The lowest BCUT2D eigenvalue weighted by atomic mass is 10.00. The first-order valence-corrected chi connectivity index (χ1v) is 5.37. The Kier molecular flexibility index (Phi) is 4.67. The van der Waals surface area contributed by atoms with Crippen LogP contribution in [-0.4, -0.2) is 16.7 Å². The zero-order valence-corrected chi connectivity index (χ0v) is 10.8. The van der Waals surface area contributed by atoms with E-state index < -0.39 is 0 Å². The molecule has 0 heterocycles. The van der Waals surface area contributed by atoms with Crippen molar-refractivity contribution < 1.29 is 9.90 Å². The molecule has 0 atom stereocenters. The number of hydrogen-bond donors (Lipinski definition) is 3. The second kappa shape index (κ2) is 6.02. The fourth-order valence-electron chi connectivity index (χ4n) is 1.63. The number of aromatic hydroxyl groups is 1. The molecule has 4 nitrogen and oxygen atoms in total. The van der Waals surface area contributed by atoms with Crippen LogP contribution in [0, 0.1) is 5.41 Å². The van der Waals surface area contributed by atoms with Crippen LogP contribution in [0.3, 0.4) is 0 Å². The average molecular weight is 277 g/mol. The zero-order chi connectivity index (χ0) is 13.1. The Hall–Kier alpha value is -2.33. The van der Waals surface area contributed by atoms with Gasteiger partial charge < -0.3 is 10.8 Å². The minimum Gasteiger partial charge on any atom is -0.507 e. The summed E-state index contributed by atoms with van der Waals surface area (Å²) < 4.78 is 0. The maximum atomic E-state index is 12.2. The van der Waals surface area contributed by atoms with E-state index in [-0.39, 0.29) is 35.3 Å². The predicted octanol–water partition coefficient (Wildman–Crippen LogP) is 2.33. The maximum absolute atomic E-state index is 12.2. The van der Waals surface area contributed by atoms with Gasteiger partial charge in [-0.1, -0.05) is 30.3 Å². The number of nitrogen functional groups attached to an aromatic ring is 1. The number of nitrogens with two attached hydrogens (primary N) is 1. The van der Waals surface area contributed by atoms with Crippen molar-refractivity contribution in [1.29, 1.82) is 5.41 Å². The molecule has 0 saturated heterocycles. The molecule has 0 aliphatic carbocycles. The number of ketones is 1. The van der Waals surface area contributed by atoms with Crippen LogP contribution in [-0.2, 0) is 0 Å². The second-order valence-corrected chi connectivity index (χ2v) is 3.84. The highest BCUT2D eigenvalue weighted by Gasteiger charge is 2.14. The van der Waals surface area contributed by atoms with Crippen molar-refractivity contribution in [1.82, 2.24) is 0 Å². The third kappa shape index (κ3) is 3.11. The van der Waals surface area contributed by atoms with Crippen molar-refractivity contribution in [3.63, 3.8) is 0 Å². The number of halogens is 1. The molecule has 0 bridgehead atoms. The molecule has 0 unspecified atom stereocenters. The highest BCUT2D eigenvalue weighted by atomic mass is 35.5. The number of phenols is 1. The van der Waals surface area contributed by atoms with Gasteiger partial charge in [0.2, 0.25) is 0 Å². The van der Waals surface area contributed by atoms with E-state index in [2.05, 4.69) is 0 Å². The number of hydrogen-bond acceptors (Lipinski definition) is 3. The summed E-state index contributed by atoms with van der Waals surface area (Å²) in [6.45, 7) is 0. The Morgan fingerprint density at radius 3 is 2.26 bits per heavy atom. The molecule has 98 valence electrons. The van der Waals surface area contributed by atoms with Gasteiger partial charge in [-0.15, -0.1) is 12.4 Å². The predicted molar refractivity (Wildman–Crippen MR) is 76.2 cm³/mol. The lowest BCUT2D eigenvalue weighted by Crippen LogP contribution is -2.12. The van der Waals surface area contributed by atoms with Crippen molar-refractivity contribution in [2.75, 3.05) is 0 Å². The molecule has 0 aromatic heterocycles. The molecule has 2 rings (SSSR count). The molecule has 5 heteroatoms. The quantitative estimate of drug-likeness (QED) is 0.457. The van der Waals surface area contributed by atoms with Gasteiger partial charge in [-0.3, -0.25) is 10.2 Å². The molecule has 0 spiro atoms. The van der Waals surface area contributed by atoms with E-state index in [1.165, 1.54) is 18.2 Å². The number of carbonyl (C=O) groups is 1. The normalized spacial score (nSPS) is 9.47. The van der Waals surface area contributed by atoms with Gasteiger partial charge in [0.05, 0.1) is 5.56 Å². The van der Waals surface area contributed by atoms with E-state index in [0.717, 1.165) is 0 Å². The lowest BCUT2D eigenvalue weighted by molar-refractivity contribution is 0.103. The van der Waals surface area contributed by atoms with Crippen molar-refractivity contribution in [2.24, 2.45) is 5.73 Å². The van der Waals surface area contributed by atoms with Crippen LogP contribution in [0.5, 0.6) is 5.75 Å². The van der Waals surface area contributed by atoms with Gasteiger partial charge in [0.1, 0.15) is 11.6 Å². The fraction of sp³-hybridized carbons (Fsp3) is 0. The summed E-state index contributed by atoms with van der Waals surface area (Å²) in [5.74, 6) is -0.554. The number of rotatable bonds is 3. The van der Waals surface area contributed by atoms with E-state index in [4.69, 9.17) is 11.1 Å². The van der Waals surface area contributed by atoms with Crippen LogP contribution >= 0.6 is 12.4 Å². The number of carbonyl (C=O) groups excluding carboxylic acids is 1. The van der Waals surface area contributed by atoms with Crippen molar-refractivity contribution in [3.8, 4) is 5.75 Å². The number of phenolic OH excluding ortho intramolecular Hbond substituents is 1. The summed E-state index contributed by atoms with van der Waals surface area (Å²) in [5.41, 5.74) is 6.40. The largest absolute Gasteiger partial charge is 0.507 e. The zero-order valence-electron chi connectivity index (χ0n) is 9.96. The van der Waals surface area contributed by atoms with Gasteiger partial charge in [-0.2, -0.15) is 0 Å². The van der Waals surface area contributed by atoms with E-state index in [1.807, 2.05) is 6.07 Å². The van der Waals surface area contributed by atoms with Crippen molar-refractivity contribution in [3.05, 3.63) is 65.2 Å². The van der Waals surface area contributed by atoms with Gasteiger partial charge in [-0.05, 0) is 18.2 Å². The molecule has 4 N–H and O–H groups in total. The Morgan fingerprint density at radius 2 is 1.68 bits per heavy atom. The summed E-state index contributed by atoms with van der Waals surface area (Å²) in [5, 5.41) is 17.0. The topological polar surface area (TPSA) is 87.2 Å². The maximum Gasteiger partial charge on any atom is 0.196 e. The molecule has 0 amide bonds. The van der Waals surface area contributed by atoms with Gasteiger partial charge >= 0.3 is 0 Å². The smallest absolute Gasteiger partial charge is 0.196 e. The monoisotopic (exact) mass is 276 g/mol. The van der Waals surface area contributed by atoms with Crippen LogP contribution in [0.2, 0.25) is 0 Å². The summed E-state index contributed by atoms with van der Waals surface area (Å²) >= 11 is 0. The molecule has 0 fully saturated rings. The van der Waals surface area contributed by atoms with Crippen LogP contribution in [0.4, 0.5) is 0 Å². The fourth-order valence-corrected chi connectivity index (χ4v) is 1.63. The molecule has 2 aromatic carbocycles. The first-order chi connectivity index (χ1) is 8.59. The summed E-state index contributed by atoms with van der Waals surface area (Å²) in [7, 11) is 0.